The van der Waals surface area contributed by atoms with Crippen LogP contribution in [-0.4, -0.2) is 35.4 Å². The van der Waals surface area contributed by atoms with Crippen LogP contribution in [0.25, 0.3) is 0 Å². The molecule has 1 aliphatic rings. The maximum absolute atomic E-state index is 5.57. The summed E-state index contributed by atoms with van der Waals surface area (Å²) in [5.41, 5.74) is 0. The number of likely N-dealkylation sites (N-methyl/N-ethyl adjacent to an activating group) is 1. The van der Waals surface area contributed by atoms with Crippen LogP contribution in [0.5, 0.6) is 0 Å². The second-order valence-electron chi connectivity index (χ2n) is 4.81. The SMILES string of the molecule is CCNC(CC)Cc1nc(CC2CCCO2)no1. The maximum Gasteiger partial charge on any atom is 0.228 e. The minimum atomic E-state index is 0.284. The molecule has 0 aromatic carbocycles. The van der Waals surface area contributed by atoms with Gasteiger partial charge in [-0.2, -0.15) is 4.98 Å². The molecule has 5 heteroatoms. The third-order valence-corrected chi connectivity index (χ3v) is 3.35. The van der Waals surface area contributed by atoms with Crippen molar-refractivity contribution >= 4 is 0 Å². The summed E-state index contributed by atoms with van der Waals surface area (Å²) in [4.78, 5) is 4.45. The van der Waals surface area contributed by atoms with Crippen molar-refractivity contribution < 1.29 is 9.26 Å². The minimum absolute atomic E-state index is 0.284. The Kier molecular flexibility index (Phi) is 5.13. The Morgan fingerprint density at radius 3 is 3.00 bits per heavy atom. The van der Waals surface area contributed by atoms with Crippen molar-refractivity contribution in [1.82, 2.24) is 15.5 Å². The molecule has 18 heavy (non-hydrogen) atoms. The summed E-state index contributed by atoms with van der Waals surface area (Å²) in [7, 11) is 0. The molecule has 1 saturated heterocycles. The molecule has 0 spiro atoms. The number of nitrogens with zero attached hydrogens (tertiary/aromatic N) is 2. The average Bonchev–Trinajstić information content (AvgIpc) is 3.01. The third-order valence-electron chi connectivity index (χ3n) is 3.35. The van der Waals surface area contributed by atoms with Crippen molar-refractivity contribution in [1.29, 1.82) is 0 Å². The number of nitrogens with one attached hydrogen (secondary N) is 1. The first-order valence-corrected chi connectivity index (χ1v) is 6.98. The largest absolute Gasteiger partial charge is 0.378 e. The lowest BCUT2D eigenvalue weighted by Crippen LogP contribution is -2.30. The molecule has 0 saturated carbocycles. The molecular weight excluding hydrogens is 230 g/mol. The smallest absolute Gasteiger partial charge is 0.228 e. The Morgan fingerprint density at radius 2 is 2.33 bits per heavy atom. The van der Waals surface area contributed by atoms with Gasteiger partial charge in [-0.1, -0.05) is 19.0 Å². The molecule has 0 aliphatic carbocycles. The summed E-state index contributed by atoms with van der Waals surface area (Å²) >= 11 is 0. The molecule has 102 valence electrons. The van der Waals surface area contributed by atoms with Gasteiger partial charge in [-0.25, -0.2) is 0 Å². The van der Waals surface area contributed by atoms with E-state index in [2.05, 4.69) is 29.3 Å². The molecule has 1 aromatic heterocycles. The Balaban J connectivity index is 1.84. The van der Waals surface area contributed by atoms with Crippen molar-refractivity contribution in [2.45, 2.75) is 58.1 Å². The first-order chi connectivity index (χ1) is 8.81. The van der Waals surface area contributed by atoms with Gasteiger partial charge in [-0.3, -0.25) is 0 Å². The van der Waals surface area contributed by atoms with Crippen molar-refractivity contribution in [3.63, 3.8) is 0 Å². The zero-order valence-corrected chi connectivity index (χ0v) is 11.3. The van der Waals surface area contributed by atoms with E-state index in [1.807, 2.05) is 0 Å². The number of ether oxygens (including phenoxy) is 1. The highest BCUT2D eigenvalue weighted by Gasteiger charge is 2.19. The van der Waals surface area contributed by atoms with E-state index >= 15 is 0 Å². The lowest BCUT2D eigenvalue weighted by atomic mass is 10.1. The molecule has 2 heterocycles. The van der Waals surface area contributed by atoms with Crippen molar-refractivity contribution in [2.24, 2.45) is 0 Å². The predicted octanol–water partition coefficient (Wildman–Crippen LogP) is 1.72. The van der Waals surface area contributed by atoms with Gasteiger partial charge < -0.3 is 14.6 Å². The van der Waals surface area contributed by atoms with Crippen molar-refractivity contribution in [2.75, 3.05) is 13.2 Å². The van der Waals surface area contributed by atoms with Crippen LogP contribution in [-0.2, 0) is 17.6 Å². The van der Waals surface area contributed by atoms with E-state index in [4.69, 9.17) is 9.26 Å². The summed E-state index contributed by atoms with van der Waals surface area (Å²) in [5, 5.41) is 7.44. The van der Waals surface area contributed by atoms with Gasteiger partial charge in [0.25, 0.3) is 0 Å². The number of rotatable bonds is 7. The Morgan fingerprint density at radius 1 is 1.44 bits per heavy atom. The van der Waals surface area contributed by atoms with E-state index in [1.54, 1.807) is 0 Å². The topological polar surface area (TPSA) is 60.2 Å². The van der Waals surface area contributed by atoms with E-state index in [0.717, 1.165) is 57.0 Å². The summed E-state index contributed by atoms with van der Waals surface area (Å²) in [6, 6.07) is 0.422. The van der Waals surface area contributed by atoms with Crippen LogP contribution >= 0.6 is 0 Å². The monoisotopic (exact) mass is 253 g/mol. The van der Waals surface area contributed by atoms with E-state index < -0.39 is 0 Å². The molecule has 2 unspecified atom stereocenters. The minimum Gasteiger partial charge on any atom is -0.378 e. The van der Waals surface area contributed by atoms with Crippen molar-refractivity contribution in [3.8, 4) is 0 Å². The van der Waals surface area contributed by atoms with Gasteiger partial charge in [-0.05, 0) is 25.8 Å². The number of hydrogen-bond donors (Lipinski definition) is 1. The summed E-state index contributed by atoms with van der Waals surface area (Å²) in [6.07, 6.45) is 5.19. The highest BCUT2D eigenvalue weighted by atomic mass is 16.5. The highest BCUT2D eigenvalue weighted by Crippen LogP contribution is 2.16. The van der Waals surface area contributed by atoms with Gasteiger partial charge in [0, 0.05) is 25.5 Å². The molecule has 1 aromatic rings. The van der Waals surface area contributed by atoms with Gasteiger partial charge in [0.1, 0.15) is 0 Å². The average molecular weight is 253 g/mol. The first kappa shape index (κ1) is 13.5. The fourth-order valence-electron chi connectivity index (χ4n) is 2.33. The Hall–Kier alpha value is -0.940. The summed E-state index contributed by atoms with van der Waals surface area (Å²) in [6.45, 7) is 6.11. The normalized spacial score (nSPS) is 21.3. The second-order valence-corrected chi connectivity index (χ2v) is 4.81. The molecule has 1 N–H and O–H groups in total. The molecule has 2 rings (SSSR count). The zero-order chi connectivity index (χ0) is 12.8. The fourth-order valence-corrected chi connectivity index (χ4v) is 2.33. The quantitative estimate of drug-likeness (QED) is 0.801. The lowest BCUT2D eigenvalue weighted by Gasteiger charge is -2.12. The second kappa shape index (κ2) is 6.85. The molecule has 0 amide bonds. The van der Waals surface area contributed by atoms with E-state index in [1.165, 1.54) is 0 Å². The van der Waals surface area contributed by atoms with E-state index in [-0.39, 0.29) is 6.10 Å². The zero-order valence-electron chi connectivity index (χ0n) is 11.3. The number of aromatic nitrogens is 2. The van der Waals surface area contributed by atoms with Crippen LogP contribution in [0.3, 0.4) is 0 Å². The molecule has 0 radical (unpaired) electrons. The first-order valence-electron chi connectivity index (χ1n) is 6.98. The van der Waals surface area contributed by atoms with E-state index in [0.29, 0.717) is 6.04 Å². The van der Waals surface area contributed by atoms with Crippen LogP contribution in [0.1, 0.15) is 44.8 Å². The summed E-state index contributed by atoms with van der Waals surface area (Å²) < 4.78 is 10.9. The van der Waals surface area contributed by atoms with Crippen LogP contribution in [0.4, 0.5) is 0 Å². The van der Waals surface area contributed by atoms with Crippen LogP contribution in [0, 0.1) is 0 Å². The van der Waals surface area contributed by atoms with Gasteiger partial charge in [0.2, 0.25) is 5.89 Å². The summed E-state index contributed by atoms with van der Waals surface area (Å²) in [5.74, 6) is 1.51. The Labute approximate surface area is 108 Å². The third kappa shape index (κ3) is 3.78. The standard InChI is InChI=1S/C13H23N3O2/c1-3-10(14-4-2)8-13-15-12(16-18-13)9-11-6-5-7-17-11/h10-11,14H,3-9H2,1-2H3. The molecular formula is C13H23N3O2. The van der Waals surface area contributed by atoms with Gasteiger partial charge in [0.15, 0.2) is 5.82 Å². The van der Waals surface area contributed by atoms with Crippen LogP contribution in [0.15, 0.2) is 4.52 Å². The van der Waals surface area contributed by atoms with Crippen molar-refractivity contribution in [3.05, 3.63) is 11.7 Å². The lowest BCUT2D eigenvalue weighted by molar-refractivity contribution is 0.109. The van der Waals surface area contributed by atoms with Gasteiger partial charge >= 0.3 is 0 Å². The maximum atomic E-state index is 5.57. The predicted molar refractivity (Wildman–Crippen MR) is 68.4 cm³/mol. The fraction of sp³-hybridized carbons (Fsp3) is 0.846. The molecule has 2 atom stereocenters. The molecule has 1 aliphatic heterocycles. The van der Waals surface area contributed by atoms with Gasteiger partial charge in [-0.15, -0.1) is 0 Å². The van der Waals surface area contributed by atoms with E-state index in [9.17, 15) is 0 Å². The van der Waals surface area contributed by atoms with Crippen LogP contribution < -0.4 is 5.32 Å². The van der Waals surface area contributed by atoms with Gasteiger partial charge in [0.05, 0.1) is 6.10 Å². The highest BCUT2D eigenvalue weighted by molar-refractivity contribution is 4.92. The Bertz CT molecular complexity index is 348. The van der Waals surface area contributed by atoms with Crippen LogP contribution in [0.2, 0.25) is 0 Å². The number of hydrogen-bond acceptors (Lipinski definition) is 5. The molecule has 5 nitrogen and oxygen atoms in total. The molecule has 1 fully saturated rings. The molecule has 0 bridgehead atoms.